The lowest BCUT2D eigenvalue weighted by molar-refractivity contribution is -0.159. The number of esters is 1. The van der Waals surface area contributed by atoms with Crippen molar-refractivity contribution in [2.75, 3.05) is 6.54 Å². The van der Waals surface area contributed by atoms with E-state index in [0.717, 1.165) is 19.3 Å². The highest BCUT2D eigenvalue weighted by molar-refractivity contribution is 6.36. The molecule has 0 spiro atoms. The van der Waals surface area contributed by atoms with Gasteiger partial charge in [-0.2, -0.15) is 0 Å². The average molecular weight is 557 g/mol. The number of likely N-dealkylation sites (tertiary alicyclic amines) is 1. The summed E-state index contributed by atoms with van der Waals surface area (Å²) in [4.78, 5) is 78.6. The summed E-state index contributed by atoms with van der Waals surface area (Å²) in [6, 6.07) is -0.760. The molecule has 0 aromatic heterocycles. The van der Waals surface area contributed by atoms with Crippen molar-refractivity contribution in [3.63, 3.8) is 0 Å². The van der Waals surface area contributed by atoms with Crippen LogP contribution in [0.3, 0.4) is 0 Å². The van der Waals surface area contributed by atoms with Crippen molar-refractivity contribution >= 4 is 35.1 Å². The van der Waals surface area contributed by atoms with E-state index >= 15 is 0 Å². The molecule has 1 aliphatic heterocycles. The highest BCUT2D eigenvalue weighted by atomic mass is 16.6. The second kappa shape index (κ2) is 12.2. The number of piperidine rings is 1. The number of amides is 2. The Balaban J connectivity index is 1.83. The summed E-state index contributed by atoms with van der Waals surface area (Å²) in [6.45, 7) is 11.2. The molecule has 3 aliphatic rings. The van der Waals surface area contributed by atoms with E-state index in [2.05, 4.69) is 25.7 Å². The van der Waals surface area contributed by atoms with Crippen LogP contribution in [0.15, 0.2) is 0 Å². The minimum Gasteiger partial charge on any atom is -0.460 e. The quantitative estimate of drug-likeness (QED) is 0.159. The first-order valence-electron chi connectivity index (χ1n) is 14.4. The molecule has 2 saturated carbocycles. The van der Waals surface area contributed by atoms with E-state index in [9.17, 15) is 28.8 Å². The summed E-state index contributed by atoms with van der Waals surface area (Å²) < 4.78 is 5.46. The van der Waals surface area contributed by atoms with Gasteiger partial charge in [-0.3, -0.25) is 28.8 Å². The summed E-state index contributed by atoms with van der Waals surface area (Å²) in [6.07, 6.45) is 3.15. The van der Waals surface area contributed by atoms with Crippen molar-refractivity contribution < 1.29 is 33.5 Å². The monoisotopic (exact) mass is 556 g/mol. The van der Waals surface area contributed by atoms with Crippen molar-refractivity contribution in [1.82, 2.24) is 4.90 Å². The smallest absolute Gasteiger partial charge is 0.307 e. The molecule has 3 fully saturated rings. The molecule has 0 aromatic carbocycles. The third-order valence-corrected chi connectivity index (χ3v) is 8.89. The number of rotatable bonds is 13. The van der Waals surface area contributed by atoms with Crippen LogP contribution in [0.2, 0.25) is 0 Å². The lowest BCUT2D eigenvalue weighted by Gasteiger charge is -2.34. The summed E-state index contributed by atoms with van der Waals surface area (Å²) in [5.41, 5.74) is 4.43. The van der Waals surface area contributed by atoms with Crippen LogP contribution in [0.25, 0.3) is 0 Å². The van der Waals surface area contributed by atoms with Crippen LogP contribution in [0, 0.1) is 46.8 Å². The van der Waals surface area contributed by atoms with E-state index in [-0.39, 0.29) is 66.3 Å². The lowest BCUT2D eigenvalue weighted by Crippen LogP contribution is -2.49. The zero-order chi connectivity index (χ0) is 30.0. The molecule has 9 nitrogen and oxygen atoms in total. The highest BCUT2D eigenvalue weighted by Gasteiger charge is 2.69. The maximum atomic E-state index is 13.9. The number of carbonyl (C=O) groups is 6. The predicted octanol–water partition coefficient (Wildman–Crippen LogP) is 3.01. The molecule has 0 radical (unpaired) electrons. The minimum atomic E-state index is -1.04. The molecule has 2 aliphatic carbocycles. The molecular weight excluding hydrogens is 512 g/mol. The SMILES string of the molecule is CC#CC(=O)CC[C@H](CC(=O)OC(C)(C)C)C(=O)N1C[C@H]2[C@@H]([C@H]1C(=O)CC(CC1CCC1)C(=O)C(N)=O)C2(C)C. The van der Waals surface area contributed by atoms with Gasteiger partial charge in [-0.1, -0.05) is 39.0 Å². The second-order valence-corrected chi connectivity index (χ2v) is 13.3. The van der Waals surface area contributed by atoms with E-state index in [1.807, 2.05) is 0 Å². The van der Waals surface area contributed by atoms with Crippen LogP contribution in [-0.2, 0) is 33.5 Å². The van der Waals surface area contributed by atoms with Crippen molar-refractivity contribution in [2.45, 2.75) is 105 Å². The van der Waals surface area contributed by atoms with Gasteiger partial charge in [-0.25, -0.2) is 0 Å². The number of fused-ring (bicyclic) bond motifs is 1. The van der Waals surface area contributed by atoms with Gasteiger partial charge in [-0.05, 0) is 69.6 Å². The number of primary amides is 1. The first-order valence-corrected chi connectivity index (χ1v) is 14.4. The first-order chi connectivity index (χ1) is 18.6. The van der Waals surface area contributed by atoms with Gasteiger partial charge in [0.05, 0.1) is 12.5 Å². The maximum absolute atomic E-state index is 13.9. The molecule has 9 heteroatoms. The Bertz CT molecular complexity index is 1120. The van der Waals surface area contributed by atoms with Crippen LogP contribution >= 0.6 is 0 Å². The Morgan fingerprint density at radius 3 is 2.23 bits per heavy atom. The molecule has 2 N–H and O–H groups in total. The van der Waals surface area contributed by atoms with Gasteiger partial charge in [0.1, 0.15) is 5.60 Å². The number of hydrogen-bond acceptors (Lipinski definition) is 7. The molecular formula is C31H44N2O7. The zero-order valence-electron chi connectivity index (χ0n) is 24.7. The summed E-state index contributed by atoms with van der Waals surface area (Å²) in [7, 11) is 0. The standard InChI is InChI=1S/C31H44N2O7/c1-7-9-21(34)13-12-19(16-24(36)40-30(2,3)4)29(39)33-17-22-25(31(22,5)6)26(33)23(35)15-20(27(37)28(32)38)14-18-10-8-11-18/h18-20,22,25-26H,8,10-17H2,1-6H3,(H2,32,38)/t19-,20?,22+,25+,26-/m1/s1. The van der Waals surface area contributed by atoms with Gasteiger partial charge >= 0.3 is 5.97 Å². The molecule has 40 heavy (non-hydrogen) atoms. The number of carbonyl (C=O) groups excluding carboxylic acids is 6. The van der Waals surface area contributed by atoms with E-state index in [4.69, 9.17) is 10.5 Å². The van der Waals surface area contributed by atoms with Crippen LogP contribution in [-0.4, -0.2) is 58.2 Å². The van der Waals surface area contributed by atoms with Gasteiger partial charge in [-0.15, -0.1) is 0 Å². The average Bonchev–Trinajstić information content (AvgIpc) is 3.14. The number of Topliss-reactive ketones (excluding diaryl/α,β-unsaturated/α-hetero) is 3. The predicted molar refractivity (Wildman–Crippen MR) is 147 cm³/mol. The number of nitrogens with two attached hydrogens (primary N) is 1. The second-order valence-electron chi connectivity index (χ2n) is 13.3. The number of ether oxygens (including phenoxy) is 1. The summed E-state index contributed by atoms with van der Waals surface area (Å²) >= 11 is 0. The molecule has 1 unspecified atom stereocenters. The fourth-order valence-electron chi connectivity index (χ4n) is 6.50. The normalized spacial score (nSPS) is 24.4. The van der Waals surface area contributed by atoms with Crippen molar-refractivity contribution in [3.8, 4) is 11.8 Å². The zero-order valence-corrected chi connectivity index (χ0v) is 24.7. The topological polar surface area (TPSA) is 141 Å². The third-order valence-electron chi connectivity index (χ3n) is 8.89. The van der Waals surface area contributed by atoms with Crippen LogP contribution < -0.4 is 5.73 Å². The molecule has 3 rings (SSSR count). The van der Waals surface area contributed by atoms with E-state index in [0.29, 0.717) is 13.0 Å². The Hall–Kier alpha value is -3.02. The van der Waals surface area contributed by atoms with E-state index in [1.165, 1.54) is 0 Å². The fraction of sp³-hybridized carbons (Fsp3) is 0.742. The van der Waals surface area contributed by atoms with Crippen molar-refractivity contribution in [1.29, 1.82) is 0 Å². The lowest BCUT2D eigenvalue weighted by atomic mass is 9.76. The fourth-order valence-corrected chi connectivity index (χ4v) is 6.50. The molecule has 1 saturated heterocycles. The molecule has 0 bridgehead atoms. The largest absolute Gasteiger partial charge is 0.460 e. The van der Waals surface area contributed by atoms with Crippen LogP contribution in [0.4, 0.5) is 0 Å². The highest BCUT2D eigenvalue weighted by Crippen LogP contribution is 2.65. The minimum absolute atomic E-state index is 0.00141. The maximum Gasteiger partial charge on any atom is 0.307 e. The Labute approximate surface area is 237 Å². The molecule has 2 amide bonds. The molecule has 5 atom stereocenters. The van der Waals surface area contributed by atoms with Crippen molar-refractivity contribution in [3.05, 3.63) is 0 Å². The number of ketones is 3. The number of nitrogens with zero attached hydrogens (tertiary/aromatic N) is 1. The van der Waals surface area contributed by atoms with Gasteiger partial charge in [0.2, 0.25) is 17.5 Å². The summed E-state index contributed by atoms with van der Waals surface area (Å²) in [5.74, 6) is 0.397. The Morgan fingerprint density at radius 1 is 1.05 bits per heavy atom. The molecule has 220 valence electrons. The molecule has 1 heterocycles. The third kappa shape index (κ3) is 7.38. The number of hydrogen-bond donors (Lipinski definition) is 1. The summed E-state index contributed by atoms with van der Waals surface area (Å²) in [5, 5.41) is 0. The van der Waals surface area contributed by atoms with Gasteiger partial charge < -0.3 is 15.4 Å². The molecule has 0 aromatic rings. The van der Waals surface area contributed by atoms with Gasteiger partial charge in [0.25, 0.3) is 5.91 Å². The van der Waals surface area contributed by atoms with Gasteiger partial charge in [0, 0.05) is 31.2 Å². The van der Waals surface area contributed by atoms with Gasteiger partial charge in [0.15, 0.2) is 5.78 Å². The Morgan fingerprint density at radius 2 is 1.70 bits per heavy atom. The Kier molecular flexibility index (Phi) is 9.64. The van der Waals surface area contributed by atoms with Crippen LogP contribution in [0.1, 0.15) is 92.9 Å². The van der Waals surface area contributed by atoms with E-state index in [1.54, 1.807) is 32.6 Å². The van der Waals surface area contributed by atoms with Crippen molar-refractivity contribution in [2.24, 2.45) is 40.7 Å². The van der Waals surface area contributed by atoms with E-state index < -0.39 is 41.1 Å². The first kappa shape index (κ1) is 31.5. The van der Waals surface area contributed by atoms with Crippen LogP contribution in [0.5, 0.6) is 0 Å².